The average molecular weight is 332 g/mol. The monoisotopic (exact) mass is 332 g/mol. The highest BCUT2D eigenvalue weighted by Gasteiger charge is 2.33. The van der Waals surface area contributed by atoms with Crippen LogP contribution in [0.15, 0.2) is 24.3 Å². The van der Waals surface area contributed by atoms with Gasteiger partial charge in [-0.1, -0.05) is 18.2 Å². The molecule has 6 heteroatoms. The van der Waals surface area contributed by atoms with E-state index in [1.165, 1.54) is 0 Å². The standard InChI is InChI=1S/C18H28N4O2/c1-15-5-2-3-6-16(15)20-17(23)22-11-9-21(10-12-22)14-18(24)7-4-8-19-13-18/h2-3,5-6,19,24H,4,7-14H2,1H3,(H,20,23)/t18-/m1/s1. The van der Waals surface area contributed by atoms with Crippen molar-refractivity contribution in [2.75, 3.05) is 51.1 Å². The van der Waals surface area contributed by atoms with E-state index in [4.69, 9.17) is 0 Å². The number of hydrogen-bond donors (Lipinski definition) is 3. The number of hydrogen-bond acceptors (Lipinski definition) is 4. The van der Waals surface area contributed by atoms with Crippen molar-refractivity contribution in [1.82, 2.24) is 15.1 Å². The maximum Gasteiger partial charge on any atom is 0.321 e. The summed E-state index contributed by atoms with van der Waals surface area (Å²) in [5.74, 6) is 0. The average Bonchev–Trinajstić information content (AvgIpc) is 2.58. The third-order valence-electron chi connectivity index (χ3n) is 5.01. The van der Waals surface area contributed by atoms with Crippen molar-refractivity contribution in [2.24, 2.45) is 0 Å². The van der Waals surface area contributed by atoms with Crippen molar-refractivity contribution < 1.29 is 9.90 Å². The molecule has 2 saturated heterocycles. The van der Waals surface area contributed by atoms with Crippen LogP contribution < -0.4 is 10.6 Å². The first kappa shape index (κ1) is 17.2. The molecule has 0 unspecified atom stereocenters. The van der Waals surface area contributed by atoms with Gasteiger partial charge in [0.1, 0.15) is 0 Å². The largest absolute Gasteiger partial charge is 0.387 e. The van der Waals surface area contributed by atoms with Gasteiger partial charge in [0.05, 0.1) is 5.60 Å². The number of amides is 2. The highest BCUT2D eigenvalue weighted by atomic mass is 16.3. The molecule has 3 rings (SSSR count). The van der Waals surface area contributed by atoms with Gasteiger partial charge in [0.25, 0.3) is 0 Å². The van der Waals surface area contributed by atoms with Crippen molar-refractivity contribution in [3.8, 4) is 0 Å². The summed E-state index contributed by atoms with van der Waals surface area (Å²) in [5, 5.41) is 16.9. The highest BCUT2D eigenvalue weighted by molar-refractivity contribution is 5.90. The summed E-state index contributed by atoms with van der Waals surface area (Å²) in [5.41, 5.74) is 1.31. The number of urea groups is 1. The van der Waals surface area contributed by atoms with Gasteiger partial charge in [0.2, 0.25) is 0 Å². The van der Waals surface area contributed by atoms with Crippen LogP contribution in [-0.4, -0.2) is 72.4 Å². The number of carbonyl (C=O) groups excluding carboxylic acids is 1. The van der Waals surface area contributed by atoms with Gasteiger partial charge in [-0.25, -0.2) is 4.79 Å². The molecule has 0 radical (unpaired) electrons. The summed E-state index contributed by atoms with van der Waals surface area (Å²) >= 11 is 0. The van der Waals surface area contributed by atoms with E-state index in [-0.39, 0.29) is 6.03 Å². The van der Waals surface area contributed by atoms with Crippen LogP contribution in [0.25, 0.3) is 0 Å². The second kappa shape index (κ2) is 7.51. The van der Waals surface area contributed by atoms with E-state index in [1.807, 2.05) is 36.1 Å². The first-order valence-corrected chi connectivity index (χ1v) is 8.83. The molecule has 2 amide bonds. The van der Waals surface area contributed by atoms with Gasteiger partial charge >= 0.3 is 6.03 Å². The molecule has 2 heterocycles. The molecule has 2 fully saturated rings. The number of benzene rings is 1. The van der Waals surface area contributed by atoms with Crippen LogP contribution in [0, 0.1) is 6.92 Å². The first-order chi connectivity index (χ1) is 11.6. The molecule has 24 heavy (non-hydrogen) atoms. The van der Waals surface area contributed by atoms with Gasteiger partial charge in [-0.3, -0.25) is 4.90 Å². The number of anilines is 1. The van der Waals surface area contributed by atoms with E-state index in [9.17, 15) is 9.90 Å². The van der Waals surface area contributed by atoms with E-state index in [2.05, 4.69) is 15.5 Å². The number of aryl methyl sites for hydroxylation is 1. The van der Waals surface area contributed by atoms with Gasteiger partial charge in [0.15, 0.2) is 0 Å². The molecule has 0 aliphatic carbocycles. The Balaban J connectivity index is 1.48. The smallest absolute Gasteiger partial charge is 0.321 e. The summed E-state index contributed by atoms with van der Waals surface area (Å²) < 4.78 is 0. The molecule has 6 nitrogen and oxygen atoms in total. The number of aliphatic hydroxyl groups is 1. The molecule has 0 aromatic heterocycles. The van der Waals surface area contributed by atoms with Gasteiger partial charge in [-0.05, 0) is 37.9 Å². The highest BCUT2D eigenvalue weighted by Crippen LogP contribution is 2.19. The second-order valence-corrected chi connectivity index (χ2v) is 7.01. The lowest BCUT2D eigenvalue weighted by molar-refractivity contribution is -0.0227. The van der Waals surface area contributed by atoms with E-state index in [0.717, 1.165) is 43.7 Å². The van der Waals surface area contributed by atoms with Crippen LogP contribution in [0.4, 0.5) is 10.5 Å². The minimum Gasteiger partial charge on any atom is -0.387 e. The molecule has 0 spiro atoms. The van der Waals surface area contributed by atoms with Crippen LogP contribution in [-0.2, 0) is 0 Å². The Bertz CT molecular complexity index is 564. The molecule has 0 saturated carbocycles. The second-order valence-electron chi connectivity index (χ2n) is 7.01. The molecule has 1 aromatic rings. The van der Waals surface area contributed by atoms with Crippen LogP contribution in [0.5, 0.6) is 0 Å². The molecule has 2 aliphatic heterocycles. The zero-order chi connectivity index (χ0) is 17.0. The number of nitrogens with zero attached hydrogens (tertiary/aromatic N) is 2. The van der Waals surface area contributed by atoms with E-state index < -0.39 is 5.60 Å². The molecule has 2 aliphatic rings. The molecule has 132 valence electrons. The zero-order valence-electron chi connectivity index (χ0n) is 14.4. The SMILES string of the molecule is Cc1ccccc1NC(=O)N1CCN(C[C@@]2(O)CCCNC2)CC1. The Hall–Kier alpha value is -1.63. The quantitative estimate of drug-likeness (QED) is 0.779. The lowest BCUT2D eigenvalue weighted by Gasteiger charge is -2.41. The predicted octanol–water partition coefficient (Wildman–Crippen LogP) is 1.26. The number of rotatable bonds is 3. The predicted molar refractivity (Wildman–Crippen MR) is 95.3 cm³/mol. The number of para-hydroxylation sites is 1. The third-order valence-corrected chi connectivity index (χ3v) is 5.01. The van der Waals surface area contributed by atoms with E-state index >= 15 is 0 Å². The van der Waals surface area contributed by atoms with Crippen molar-refractivity contribution in [2.45, 2.75) is 25.4 Å². The normalized spacial score (nSPS) is 25.5. The maximum atomic E-state index is 12.4. The van der Waals surface area contributed by atoms with Crippen molar-refractivity contribution in [3.63, 3.8) is 0 Å². The lowest BCUT2D eigenvalue weighted by Crippen LogP contribution is -2.57. The number of β-amino-alcohol motifs (C(OH)–C–C–N with tert-alkyl or cyclic N) is 1. The van der Waals surface area contributed by atoms with Crippen molar-refractivity contribution in [3.05, 3.63) is 29.8 Å². The summed E-state index contributed by atoms with van der Waals surface area (Å²) in [6, 6.07) is 7.78. The molecule has 1 aromatic carbocycles. The van der Waals surface area contributed by atoms with Gasteiger partial charge < -0.3 is 20.6 Å². The van der Waals surface area contributed by atoms with E-state index in [0.29, 0.717) is 26.2 Å². The van der Waals surface area contributed by atoms with Crippen LogP contribution in [0.2, 0.25) is 0 Å². The number of piperidine rings is 1. The Morgan fingerprint density at radius 3 is 2.71 bits per heavy atom. The number of carbonyl (C=O) groups is 1. The van der Waals surface area contributed by atoms with Crippen LogP contribution in [0.3, 0.4) is 0 Å². The molecular weight excluding hydrogens is 304 g/mol. The first-order valence-electron chi connectivity index (χ1n) is 8.83. The lowest BCUT2D eigenvalue weighted by atomic mass is 9.93. The minimum absolute atomic E-state index is 0.0398. The Kier molecular flexibility index (Phi) is 5.38. The van der Waals surface area contributed by atoms with Crippen molar-refractivity contribution in [1.29, 1.82) is 0 Å². The van der Waals surface area contributed by atoms with E-state index in [1.54, 1.807) is 0 Å². The third kappa shape index (κ3) is 4.26. The van der Waals surface area contributed by atoms with Gasteiger partial charge in [-0.15, -0.1) is 0 Å². The summed E-state index contributed by atoms with van der Waals surface area (Å²) in [6.45, 7) is 7.35. The molecule has 0 bridgehead atoms. The van der Waals surface area contributed by atoms with Gasteiger partial charge in [0, 0.05) is 45.0 Å². The Morgan fingerprint density at radius 2 is 2.04 bits per heavy atom. The maximum absolute atomic E-state index is 12.4. The Morgan fingerprint density at radius 1 is 1.29 bits per heavy atom. The summed E-state index contributed by atoms with van der Waals surface area (Å²) in [4.78, 5) is 16.5. The van der Waals surface area contributed by atoms with Crippen LogP contribution >= 0.6 is 0 Å². The summed E-state index contributed by atoms with van der Waals surface area (Å²) in [7, 11) is 0. The molecule has 1 atom stereocenters. The van der Waals surface area contributed by atoms with Crippen molar-refractivity contribution >= 4 is 11.7 Å². The summed E-state index contributed by atoms with van der Waals surface area (Å²) in [6.07, 6.45) is 1.88. The topological polar surface area (TPSA) is 67.8 Å². The Labute approximate surface area is 143 Å². The fraction of sp³-hybridized carbons (Fsp3) is 0.611. The zero-order valence-corrected chi connectivity index (χ0v) is 14.4. The minimum atomic E-state index is -0.621. The fourth-order valence-electron chi connectivity index (χ4n) is 3.52. The molecular formula is C18H28N4O2. The van der Waals surface area contributed by atoms with Crippen LogP contribution in [0.1, 0.15) is 18.4 Å². The fourth-order valence-corrected chi connectivity index (χ4v) is 3.52. The number of piperazine rings is 1. The molecule has 3 N–H and O–H groups in total. The van der Waals surface area contributed by atoms with Gasteiger partial charge in [-0.2, -0.15) is 0 Å². The number of nitrogens with one attached hydrogen (secondary N) is 2.